The Morgan fingerprint density at radius 3 is 2.88 bits per heavy atom. The van der Waals surface area contributed by atoms with Crippen molar-refractivity contribution < 1.29 is 4.42 Å². The van der Waals surface area contributed by atoms with Crippen molar-refractivity contribution in [2.75, 3.05) is 6.54 Å². The molecule has 0 unspecified atom stereocenters. The second-order valence-electron chi connectivity index (χ2n) is 5.59. The lowest BCUT2D eigenvalue weighted by molar-refractivity contribution is 0.524. The van der Waals surface area contributed by atoms with Gasteiger partial charge in [0.25, 0.3) is 0 Å². The van der Waals surface area contributed by atoms with Crippen molar-refractivity contribution in [2.45, 2.75) is 19.9 Å². The van der Waals surface area contributed by atoms with E-state index in [9.17, 15) is 0 Å². The third-order valence-electron chi connectivity index (χ3n) is 3.79. The number of aryl methyl sites for hydroxylation is 1. The minimum Gasteiger partial charge on any atom is -0.458 e. The lowest BCUT2D eigenvalue weighted by Gasteiger charge is -2.07. The maximum absolute atomic E-state index is 5.95. The molecule has 2 heterocycles. The van der Waals surface area contributed by atoms with Crippen molar-refractivity contribution in [3.63, 3.8) is 0 Å². The molecule has 0 saturated heterocycles. The van der Waals surface area contributed by atoms with Crippen LogP contribution in [0.2, 0.25) is 0 Å². The summed E-state index contributed by atoms with van der Waals surface area (Å²) in [7, 11) is 0. The minimum absolute atomic E-state index is 0.358. The van der Waals surface area contributed by atoms with E-state index in [1.165, 1.54) is 22.5 Å². The Balaban J connectivity index is 1.58. The van der Waals surface area contributed by atoms with Crippen LogP contribution in [0.1, 0.15) is 16.9 Å². The van der Waals surface area contributed by atoms with Crippen LogP contribution in [0.15, 0.2) is 51.2 Å². The summed E-state index contributed by atoms with van der Waals surface area (Å²) in [5.41, 5.74) is 14.8. The van der Waals surface area contributed by atoms with Crippen LogP contribution in [0.5, 0.6) is 0 Å². The predicted molar refractivity (Wildman–Crippen MR) is 102 cm³/mol. The molecule has 7 heteroatoms. The molecule has 0 atom stereocenters. The number of rotatable bonds is 6. The van der Waals surface area contributed by atoms with Crippen LogP contribution in [0.25, 0.3) is 11.5 Å². The van der Waals surface area contributed by atoms with E-state index in [0.717, 1.165) is 24.4 Å². The van der Waals surface area contributed by atoms with Crippen LogP contribution in [0.3, 0.4) is 0 Å². The number of hydrogen-bond acceptors (Lipinski definition) is 5. The highest BCUT2D eigenvalue weighted by molar-refractivity contribution is 7.13. The Labute approximate surface area is 150 Å². The monoisotopic (exact) mass is 355 g/mol. The van der Waals surface area contributed by atoms with Crippen molar-refractivity contribution in [3.8, 4) is 11.5 Å². The van der Waals surface area contributed by atoms with Crippen molar-refractivity contribution in [2.24, 2.45) is 16.5 Å². The minimum atomic E-state index is 0.358. The molecule has 3 rings (SSSR count). The van der Waals surface area contributed by atoms with Crippen molar-refractivity contribution >= 4 is 22.4 Å². The number of nitrogens with two attached hydrogens (primary N) is 2. The maximum Gasteiger partial charge on any atom is 0.212 e. The highest BCUT2D eigenvalue weighted by Gasteiger charge is 2.08. The smallest absolute Gasteiger partial charge is 0.212 e. The van der Waals surface area contributed by atoms with Crippen LogP contribution in [-0.4, -0.2) is 17.5 Å². The fraction of sp³-hybridized carbons (Fsp3) is 0.222. The molecule has 5 N–H and O–H groups in total. The van der Waals surface area contributed by atoms with Crippen molar-refractivity contribution in [1.29, 1.82) is 0 Å². The fourth-order valence-corrected chi connectivity index (χ4v) is 3.10. The Morgan fingerprint density at radius 1 is 1.28 bits per heavy atom. The number of guanidine groups is 1. The Morgan fingerprint density at radius 2 is 2.12 bits per heavy atom. The number of nitrogens with one attached hydrogen (secondary N) is 1. The van der Waals surface area contributed by atoms with E-state index in [1.54, 1.807) is 0 Å². The van der Waals surface area contributed by atoms with E-state index in [2.05, 4.69) is 34.3 Å². The standard InChI is InChI=1S/C18H21N5OS/c1-12-4-2-3-5-13(12)8-9-21-17(20)23-18-22-15(11-25-18)16-7-6-14(10-19)24-16/h2-7,11H,8-10,19H2,1H3,(H3,20,21,22,23). The molecule has 1 aromatic carbocycles. The molecule has 3 aromatic rings. The van der Waals surface area contributed by atoms with Crippen molar-refractivity contribution in [1.82, 2.24) is 10.3 Å². The predicted octanol–water partition coefficient (Wildman–Crippen LogP) is 2.95. The van der Waals surface area contributed by atoms with Gasteiger partial charge in [-0.05, 0) is 36.6 Å². The molecule has 0 bridgehead atoms. The van der Waals surface area contributed by atoms with Gasteiger partial charge in [-0.3, -0.25) is 0 Å². The van der Waals surface area contributed by atoms with Gasteiger partial charge in [-0.1, -0.05) is 24.3 Å². The zero-order valence-electron chi connectivity index (χ0n) is 14.0. The van der Waals surface area contributed by atoms with Crippen LogP contribution >= 0.6 is 11.3 Å². The van der Waals surface area contributed by atoms with E-state index in [0.29, 0.717) is 23.4 Å². The molecule has 25 heavy (non-hydrogen) atoms. The fourth-order valence-electron chi connectivity index (χ4n) is 2.41. The Hall–Kier alpha value is -2.64. The topological polar surface area (TPSA) is 102 Å². The van der Waals surface area contributed by atoms with E-state index in [4.69, 9.17) is 15.9 Å². The molecular weight excluding hydrogens is 334 g/mol. The van der Waals surface area contributed by atoms with Crippen LogP contribution in [0, 0.1) is 6.92 Å². The lowest BCUT2D eigenvalue weighted by atomic mass is 10.1. The average Bonchev–Trinajstić information content (AvgIpc) is 3.25. The summed E-state index contributed by atoms with van der Waals surface area (Å²) in [5, 5.41) is 5.60. The van der Waals surface area contributed by atoms with E-state index >= 15 is 0 Å². The summed E-state index contributed by atoms with van der Waals surface area (Å²) in [6, 6.07) is 12.0. The summed E-state index contributed by atoms with van der Waals surface area (Å²) in [5.74, 6) is 1.77. The van der Waals surface area contributed by atoms with Gasteiger partial charge < -0.3 is 21.2 Å². The van der Waals surface area contributed by atoms with Gasteiger partial charge in [-0.15, -0.1) is 11.3 Å². The second-order valence-corrected chi connectivity index (χ2v) is 6.42. The number of thiazole rings is 1. The molecular formula is C18H21N5OS. The number of aromatic nitrogens is 1. The third-order valence-corrected chi connectivity index (χ3v) is 4.52. The molecule has 0 saturated carbocycles. The molecule has 0 spiro atoms. The van der Waals surface area contributed by atoms with E-state index in [1.807, 2.05) is 29.6 Å². The first-order chi connectivity index (χ1) is 12.2. The summed E-state index contributed by atoms with van der Waals surface area (Å²) in [6.45, 7) is 3.19. The van der Waals surface area contributed by atoms with Gasteiger partial charge in [-0.25, -0.2) is 4.98 Å². The van der Waals surface area contributed by atoms with E-state index in [-0.39, 0.29) is 0 Å². The Bertz CT molecular complexity index is 868. The average molecular weight is 355 g/mol. The van der Waals surface area contributed by atoms with Gasteiger partial charge in [0.15, 0.2) is 11.7 Å². The quantitative estimate of drug-likeness (QED) is 0.466. The first kappa shape index (κ1) is 17.2. The molecule has 0 aliphatic heterocycles. The van der Waals surface area contributed by atoms with Gasteiger partial charge in [0, 0.05) is 11.9 Å². The molecule has 0 fully saturated rings. The Kier molecular flexibility index (Phi) is 5.47. The maximum atomic E-state index is 5.95. The molecule has 0 amide bonds. The number of nitrogens with zero attached hydrogens (tertiary/aromatic N) is 2. The van der Waals surface area contributed by atoms with Gasteiger partial charge in [-0.2, -0.15) is 4.99 Å². The summed E-state index contributed by atoms with van der Waals surface area (Å²) in [6.07, 6.45) is 0.889. The molecule has 6 nitrogen and oxygen atoms in total. The first-order valence-electron chi connectivity index (χ1n) is 8.03. The number of furan rings is 1. The van der Waals surface area contributed by atoms with Crippen LogP contribution in [-0.2, 0) is 13.0 Å². The van der Waals surface area contributed by atoms with Crippen LogP contribution in [0.4, 0.5) is 5.13 Å². The second kappa shape index (κ2) is 7.96. The van der Waals surface area contributed by atoms with Crippen LogP contribution < -0.4 is 16.8 Å². The van der Waals surface area contributed by atoms with Gasteiger partial charge in [0.2, 0.25) is 5.13 Å². The summed E-state index contributed by atoms with van der Waals surface area (Å²) < 4.78 is 5.59. The molecule has 0 aliphatic carbocycles. The first-order valence-corrected chi connectivity index (χ1v) is 8.91. The van der Waals surface area contributed by atoms with Gasteiger partial charge in [0.05, 0.1) is 6.54 Å². The molecule has 0 aliphatic rings. The highest BCUT2D eigenvalue weighted by atomic mass is 32.1. The SMILES string of the molecule is Cc1ccccc1CCN/C(N)=N/c1nc(-c2ccc(CN)o2)cs1. The highest BCUT2D eigenvalue weighted by Crippen LogP contribution is 2.27. The summed E-state index contributed by atoms with van der Waals surface area (Å²) >= 11 is 1.41. The van der Waals surface area contributed by atoms with Crippen molar-refractivity contribution in [3.05, 3.63) is 58.7 Å². The normalized spacial score (nSPS) is 11.7. The zero-order valence-corrected chi connectivity index (χ0v) is 14.8. The third kappa shape index (κ3) is 4.46. The number of benzene rings is 1. The van der Waals surface area contributed by atoms with Gasteiger partial charge in [0.1, 0.15) is 11.5 Å². The number of hydrogen-bond donors (Lipinski definition) is 3. The van der Waals surface area contributed by atoms with E-state index < -0.39 is 0 Å². The molecule has 2 aromatic heterocycles. The van der Waals surface area contributed by atoms with Gasteiger partial charge >= 0.3 is 0 Å². The molecule has 0 radical (unpaired) electrons. The molecule has 130 valence electrons. The number of aliphatic imine (C=N–C) groups is 1. The lowest BCUT2D eigenvalue weighted by Crippen LogP contribution is -2.32. The summed E-state index contributed by atoms with van der Waals surface area (Å²) in [4.78, 5) is 8.74. The largest absolute Gasteiger partial charge is 0.458 e. The zero-order chi connectivity index (χ0) is 17.6.